The molecule has 0 radical (unpaired) electrons. The van der Waals surface area contributed by atoms with E-state index >= 15 is 0 Å². The topological polar surface area (TPSA) is 49.4 Å². The smallest absolute Gasteiger partial charge is 0.214 e. The fraction of sp³-hybridized carbons (Fsp3) is 0.500. The molecule has 6 heteroatoms. The zero-order chi connectivity index (χ0) is 13.6. The summed E-state index contributed by atoms with van der Waals surface area (Å²) in [4.78, 5) is 0. The Bertz CT molecular complexity index is 477. The van der Waals surface area contributed by atoms with E-state index < -0.39 is 10.0 Å². The molecular formula is C12H19BrN2O2S. The second-order valence-electron chi connectivity index (χ2n) is 4.12. The molecule has 1 aromatic carbocycles. The number of hydrogen-bond acceptors (Lipinski definition) is 3. The van der Waals surface area contributed by atoms with E-state index in [1.165, 1.54) is 4.31 Å². The van der Waals surface area contributed by atoms with Gasteiger partial charge in [-0.2, -0.15) is 0 Å². The molecule has 0 saturated carbocycles. The summed E-state index contributed by atoms with van der Waals surface area (Å²) >= 11 is 3.42. The van der Waals surface area contributed by atoms with Crippen LogP contribution in [0.1, 0.15) is 12.0 Å². The molecule has 0 aliphatic carbocycles. The number of hydrogen-bond donors (Lipinski definition) is 1. The number of nitrogens with zero attached hydrogens (tertiary/aromatic N) is 1. The van der Waals surface area contributed by atoms with Crippen molar-refractivity contribution in [1.29, 1.82) is 0 Å². The molecule has 0 spiro atoms. The van der Waals surface area contributed by atoms with E-state index in [4.69, 9.17) is 0 Å². The van der Waals surface area contributed by atoms with E-state index in [1.807, 2.05) is 31.3 Å². The quantitative estimate of drug-likeness (QED) is 0.774. The van der Waals surface area contributed by atoms with Crippen LogP contribution in [0.25, 0.3) is 0 Å². The van der Waals surface area contributed by atoms with Gasteiger partial charge in [0.05, 0.1) is 5.75 Å². The molecule has 1 aromatic rings. The Hall–Kier alpha value is -0.430. The molecule has 0 unspecified atom stereocenters. The number of rotatable bonds is 7. The SMILES string of the molecule is CNCCCS(=O)(=O)N(C)Cc1ccccc1Br. The zero-order valence-corrected chi connectivity index (χ0v) is 13.1. The van der Waals surface area contributed by atoms with Crippen LogP contribution < -0.4 is 5.32 Å². The fourth-order valence-corrected chi connectivity index (χ4v) is 3.12. The molecule has 0 bridgehead atoms. The Morgan fingerprint density at radius 2 is 2.00 bits per heavy atom. The van der Waals surface area contributed by atoms with Gasteiger partial charge in [0.2, 0.25) is 10.0 Å². The molecule has 0 saturated heterocycles. The monoisotopic (exact) mass is 334 g/mol. The van der Waals surface area contributed by atoms with Gasteiger partial charge in [0, 0.05) is 18.1 Å². The number of nitrogens with one attached hydrogen (secondary N) is 1. The summed E-state index contributed by atoms with van der Waals surface area (Å²) in [7, 11) is 0.261. The summed E-state index contributed by atoms with van der Waals surface area (Å²) < 4.78 is 26.3. The molecule has 0 amide bonds. The van der Waals surface area contributed by atoms with E-state index in [2.05, 4.69) is 21.2 Å². The van der Waals surface area contributed by atoms with Gasteiger partial charge in [0.1, 0.15) is 0 Å². The van der Waals surface area contributed by atoms with E-state index in [9.17, 15) is 8.42 Å². The van der Waals surface area contributed by atoms with Gasteiger partial charge < -0.3 is 5.32 Å². The predicted octanol–water partition coefficient (Wildman–Crippen LogP) is 1.82. The number of halogens is 1. The molecule has 102 valence electrons. The van der Waals surface area contributed by atoms with Gasteiger partial charge in [-0.3, -0.25) is 0 Å². The van der Waals surface area contributed by atoms with Crippen LogP contribution in [0.3, 0.4) is 0 Å². The summed E-state index contributed by atoms with van der Waals surface area (Å²) in [5.74, 6) is 0.175. The highest BCUT2D eigenvalue weighted by atomic mass is 79.9. The van der Waals surface area contributed by atoms with Crippen LogP contribution in [0, 0.1) is 0 Å². The first-order chi connectivity index (χ1) is 8.47. The average Bonchev–Trinajstić information content (AvgIpc) is 2.32. The van der Waals surface area contributed by atoms with Crippen LogP contribution in [0.15, 0.2) is 28.7 Å². The predicted molar refractivity (Wildman–Crippen MR) is 77.9 cm³/mol. The molecule has 0 aliphatic rings. The summed E-state index contributed by atoms with van der Waals surface area (Å²) in [6.07, 6.45) is 0.624. The third-order valence-corrected chi connectivity index (χ3v) is 5.31. The maximum atomic E-state index is 12.0. The lowest BCUT2D eigenvalue weighted by molar-refractivity contribution is 0.464. The minimum absolute atomic E-state index is 0.175. The highest BCUT2D eigenvalue weighted by Gasteiger charge is 2.18. The number of benzene rings is 1. The van der Waals surface area contributed by atoms with Crippen LogP contribution in [-0.4, -0.2) is 39.1 Å². The first-order valence-corrected chi connectivity index (χ1v) is 8.19. The third kappa shape index (κ3) is 4.68. The normalized spacial score (nSPS) is 12.0. The Morgan fingerprint density at radius 3 is 2.61 bits per heavy atom. The lowest BCUT2D eigenvalue weighted by Gasteiger charge is -2.17. The Morgan fingerprint density at radius 1 is 1.33 bits per heavy atom. The van der Waals surface area contributed by atoms with Crippen molar-refractivity contribution >= 4 is 26.0 Å². The number of sulfonamides is 1. The van der Waals surface area contributed by atoms with E-state index in [0.717, 1.165) is 10.0 Å². The van der Waals surface area contributed by atoms with Crippen LogP contribution in [-0.2, 0) is 16.6 Å². The van der Waals surface area contributed by atoms with E-state index in [1.54, 1.807) is 7.05 Å². The van der Waals surface area contributed by atoms with Crippen LogP contribution in [0.4, 0.5) is 0 Å². The second-order valence-corrected chi connectivity index (χ2v) is 7.17. The van der Waals surface area contributed by atoms with Crippen molar-refractivity contribution in [2.75, 3.05) is 26.4 Å². The van der Waals surface area contributed by atoms with Gasteiger partial charge in [-0.15, -0.1) is 0 Å². The largest absolute Gasteiger partial charge is 0.320 e. The van der Waals surface area contributed by atoms with Crippen LogP contribution in [0.5, 0.6) is 0 Å². The van der Waals surface area contributed by atoms with Gasteiger partial charge in [0.15, 0.2) is 0 Å². The summed E-state index contributed by atoms with van der Waals surface area (Å²) in [5.41, 5.74) is 0.970. The summed E-state index contributed by atoms with van der Waals surface area (Å²) in [6.45, 7) is 1.10. The van der Waals surface area contributed by atoms with Crippen molar-refractivity contribution in [1.82, 2.24) is 9.62 Å². The van der Waals surface area contributed by atoms with Crippen molar-refractivity contribution in [2.45, 2.75) is 13.0 Å². The van der Waals surface area contributed by atoms with Gasteiger partial charge in [0.25, 0.3) is 0 Å². The fourth-order valence-electron chi connectivity index (χ4n) is 1.55. The van der Waals surface area contributed by atoms with Gasteiger partial charge in [-0.05, 0) is 31.6 Å². The van der Waals surface area contributed by atoms with Crippen molar-refractivity contribution < 1.29 is 8.42 Å². The first-order valence-electron chi connectivity index (χ1n) is 5.79. The highest BCUT2D eigenvalue weighted by molar-refractivity contribution is 9.10. The van der Waals surface area contributed by atoms with Crippen LogP contribution >= 0.6 is 15.9 Å². The van der Waals surface area contributed by atoms with Gasteiger partial charge >= 0.3 is 0 Å². The van der Waals surface area contributed by atoms with Crippen molar-refractivity contribution in [3.8, 4) is 0 Å². The Labute approximate surface area is 118 Å². The van der Waals surface area contributed by atoms with Gasteiger partial charge in [-0.25, -0.2) is 12.7 Å². The first kappa shape index (κ1) is 15.6. The van der Waals surface area contributed by atoms with Crippen LogP contribution in [0.2, 0.25) is 0 Å². The lowest BCUT2D eigenvalue weighted by Crippen LogP contribution is -2.30. The minimum Gasteiger partial charge on any atom is -0.320 e. The molecule has 0 aromatic heterocycles. The van der Waals surface area contributed by atoms with E-state index in [-0.39, 0.29) is 5.75 Å². The molecular weight excluding hydrogens is 316 g/mol. The maximum absolute atomic E-state index is 12.0. The zero-order valence-electron chi connectivity index (χ0n) is 10.7. The standard InChI is InChI=1S/C12H19BrN2O2S/c1-14-8-5-9-18(16,17)15(2)10-11-6-3-4-7-12(11)13/h3-4,6-7,14H,5,8-10H2,1-2H3. The average molecular weight is 335 g/mol. The van der Waals surface area contributed by atoms with E-state index in [0.29, 0.717) is 19.5 Å². The summed E-state index contributed by atoms with van der Waals surface area (Å²) in [6, 6.07) is 7.65. The Kier molecular flexibility index (Phi) is 6.28. The van der Waals surface area contributed by atoms with Crippen molar-refractivity contribution in [2.24, 2.45) is 0 Å². The summed E-state index contributed by atoms with van der Waals surface area (Å²) in [5, 5.41) is 2.95. The molecule has 18 heavy (non-hydrogen) atoms. The molecule has 0 fully saturated rings. The minimum atomic E-state index is -3.17. The molecule has 4 nitrogen and oxygen atoms in total. The molecule has 1 rings (SSSR count). The van der Waals surface area contributed by atoms with Crippen molar-refractivity contribution in [3.63, 3.8) is 0 Å². The molecule has 0 heterocycles. The molecule has 0 atom stereocenters. The second kappa shape index (κ2) is 7.23. The molecule has 1 N–H and O–H groups in total. The lowest BCUT2D eigenvalue weighted by atomic mass is 10.2. The van der Waals surface area contributed by atoms with Gasteiger partial charge in [-0.1, -0.05) is 34.1 Å². The Balaban J connectivity index is 2.64. The molecule has 0 aliphatic heterocycles. The van der Waals surface area contributed by atoms with Crippen molar-refractivity contribution in [3.05, 3.63) is 34.3 Å². The maximum Gasteiger partial charge on any atom is 0.214 e. The highest BCUT2D eigenvalue weighted by Crippen LogP contribution is 2.18. The third-order valence-electron chi connectivity index (χ3n) is 2.65.